The molecule has 108 valence electrons. The summed E-state index contributed by atoms with van der Waals surface area (Å²) < 4.78 is 0. The highest BCUT2D eigenvalue weighted by molar-refractivity contribution is 5.80. The lowest BCUT2D eigenvalue weighted by Crippen LogP contribution is -2.48. The fourth-order valence-corrected chi connectivity index (χ4v) is 2.96. The zero-order valence-electron chi connectivity index (χ0n) is 12.7. The molecule has 1 aliphatic carbocycles. The topological polar surface area (TPSA) is 52.0 Å². The van der Waals surface area contributed by atoms with Crippen molar-refractivity contribution in [3.63, 3.8) is 0 Å². The van der Waals surface area contributed by atoms with E-state index in [9.17, 15) is 0 Å². The quantitative estimate of drug-likeness (QED) is 0.800. The van der Waals surface area contributed by atoms with Crippen LogP contribution in [0.15, 0.2) is 42.0 Å². The van der Waals surface area contributed by atoms with Gasteiger partial charge in [0.25, 0.3) is 0 Å². The molecular weight excluding hydrogens is 244 g/mol. The molecule has 1 aliphatic rings. The van der Waals surface area contributed by atoms with Gasteiger partial charge in [-0.1, -0.05) is 62.6 Å². The highest BCUT2D eigenvalue weighted by atomic mass is 14.9. The van der Waals surface area contributed by atoms with Gasteiger partial charge in [-0.25, -0.2) is 0 Å². The molecule has 1 aromatic rings. The van der Waals surface area contributed by atoms with Gasteiger partial charge in [0.1, 0.15) is 0 Å². The average molecular weight is 270 g/mol. The first-order chi connectivity index (χ1) is 9.57. The molecule has 0 bridgehead atoms. The molecule has 2 heteroatoms. The Balaban J connectivity index is 2.46. The second-order valence-corrected chi connectivity index (χ2v) is 5.80. The van der Waals surface area contributed by atoms with Gasteiger partial charge in [-0.3, -0.25) is 0 Å². The van der Waals surface area contributed by atoms with Crippen LogP contribution in [0.25, 0.3) is 5.57 Å². The Kier molecular flexibility index (Phi) is 4.79. The van der Waals surface area contributed by atoms with E-state index in [4.69, 9.17) is 11.5 Å². The maximum atomic E-state index is 6.09. The van der Waals surface area contributed by atoms with Crippen LogP contribution in [0.5, 0.6) is 0 Å². The fraction of sp³-hybridized carbons (Fsp3) is 0.444. The minimum Gasteiger partial charge on any atom is -0.310 e. The smallest absolute Gasteiger partial charge is 0.0869 e. The van der Waals surface area contributed by atoms with Crippen molar-refractivity contribution in [2.45, 2.75) is 51.6 Å². The minimum atomic E-state index is -0.687. The Morgan fingerprint density at radius 3 is 2.45 bits per heavy atom. The van der Waals surface area contributed by atoms with Gasteiger partial charge < -0.3 is 11.5 Å². The molecule has 0 aliphatic heterocycles. The van der Waals surface area contributed by atoms with Crippen LogP contribution in [-0.2, 0) is 6.42 Å². The van der Waals surface area contributed by atoms with Crippen molar-refractivity contribution in [3.05, 3.63) is 53.1 Å². The van der Waals surface area contributed by atoms with Crippen LogP contribution < -0.4 is 11.5 Å². The van der Waals surface area contributed by atoms with Crippen molar-refractivity contribution in [2.24, 2.45) is 11.5 Å². The van der Waals surface area contributed by atoms with E-state index in [1.165, 1.54) is 22.3 Å². The molecule has 20 heavy (non-hydrogen) atoms. The number of aryl methyl sites for hydroxylation is 1. The second kappa shape index (κ2) is 6.38. The molecule has 0 heterocycles. The normalized spacial score (nSPS) is 17.6. The van der Waals surface area contributed by atoms with E-state index >= 15 is 0 Å². The van der Waals surface area contributed by atoms with Crippen LogP contribution in [0.4, 0.5) is 0 Å². The van der Waals surface area contributed by atoms with Crippen LogP contribution in [-0.4, -0.2) is 5.66 Å². The molecule has 0 saturated carbocycles. The summed E-state index contributed by atoms with van der Waals surface area (Å²) >= 11 is 0. The maximum absolute atomic E-state index is 6.09. The third-order valence-corrected chi connectivity index (χ3v) is 3.84. The lowest BCUT2D eigenvalue weighted by molar-refractivity contribution is 0.532. The molecule has 0 spiro atoms. The lowest BCUT2D eigenvalue weighted by atomic mass is 9.83. The van der Waals surface area contributed by atoms with E-state index in [1.54, 1.807) is 0 Å². The molecule has 0 atom stereocenters. The van der Waals surface area contributed by atoms with Crippen molar-refractivity contribution >= 4 is 5.57 Å². The van der Waals surface area contributed by atoms with Gasteiger partial charge in [0.15, 0.2) is 0 Å². The van der Waals surface area contributed by atoms with Gasteiger partial charge in [-0.05, 0) is 35.6 Å². The Hall–Kier alpha value is -1.38. The minimum absolute atomic E-state index is 0.687. The van der Waals surface area contributed by atoms with Crippen molar-refractivity contribution < 1.29 is 0 Å². The van der Waals surface area contributed by atoms with E-state index in [2.05, 4.69) is 44.2 Å². The SMILES string of the molecule is CCCC1=C(c2ccccc2CCC)C=CC(N)(N)C1. The summed E-state index contributed by atoms with van der Waals surface area (Å²) in [6.07, 6.45) is 9.30. The number of rotatable bonds is 5. The van der Waals surface area contributed by atoms with Gasteiger partial charge >= 0.3 is 0 Å². The van der Waals surface area contributed by atoms with Gasteiger partial charge in [0.2, 0.25) is 0 Å². The van der Waals surface area contributed by atoms with E-state index in [-0.39, 0.29) is 0 Å². The van der Waals surface area contributed by atoms with Gasteiger partial charge in [-0.15, -0.1) is 0 Å². The van der Waals surface area contributed by atoms with Gasteiger partial charge in [0, 0.05) is 6.42 Å². The number of allylic oxidation sites excluding steroid dienone is 2. The Morgan fingerprint density at radius 2 is 1.75 bits per heavy atom. The summed E-state index contributed by atoms with van der Waals surface area (Å²) in [5.41, 5.74) is 17.0. The summed E-state index contributed by atoms with van der Waals surface area (Å²) in [5, 5.41) is 0. The molecule has 0 saturated heterocycles. The Morgan fingerprint density at radius 1 is 1.05 bits per heavy atom. The first-order valence-corrected chi connectivity index (χ1v) is 7.64. The van der Waals surface area contributed by atoms with E-state index in [0.29, 0.717) is 0 Å². The summed E-state index contributed by atoms with van der Waals surface area (Å²) in [6.45, 7) is 4.43. The number of nitrogens with two attached hydrogens (primary N) is 2. The van der Waals surface area contributed by atoms with Crippen LogP contribution in [0.2, 0.25) is 0 Å². The predicted octanol–water partition coefficient (Wildman–Crippen LogP) is 3.77. The van der Waals surface area contributed by atoms with Gasteiger partial charge in [0.05, 0.1) is 5.66 Å². The molecule has 2 rings (SSSR count). The lowest BCUT2D eigenvalue weighted by Gasteiger charge is -2.29. The molecule has 4 N–H and O–H groups in total. The molecule has 0 amide bonds. The fourth-order valence-electron chi connectivity index (χ4n) is 2.96. The Labute approximate surface area is 122 Å². The Bertz CT molecular complexity index is 524. The largest absolute Gasteiger partial charge is 0.310 e. The molecule has 1 aromatic carbocycles. The predicted molar refractivity (Wildman–Crippen MR) is 87.1 cm³/mol. The standard InChI is InChI=1S/C18H26N2/c1-3-7-14-9-5-6-10-16(14)17-11-12-18(19,20)13-15(17)8-4-2/h5-6,9-12H,3-4,7-8,13,19-20H2,1-2H3. The summed E-state index contributed by atoms with van der Waals surface area (Å²) in [5.74, 6) is 0. The molecule has 0 fully saturated rings. The summed E-state index contributed by atoms with van der Waals surface area (Å²) in [6, 6.07) is 8.69. The average Bonchev–Trinajstić information content (AvgIpc) is 2.40. The zero-order chi connectivity index (χ0) is 14.6. The van der Waals surface area contributed by atoms with Crippen LogP contribution in [0.1, 0.15) is 50.7 Å². The third kappa shape index (κ3) is 3.38. The van der Waals surface area contributed by atoms with Crippen LogP contribution >= 0.6 is 0 Å². The summed E-state index contributed by atoms with van der Waals surface area (Å²) in [4.78, 5) is 0. The number of hydrogen-bond donors (Lipinski definition) is 2. The number of hydrogen-bond acceptors (Lipinski definition) is 2. The zero-order valence-corrected chi connectivity index (χ0v) is 12.7. The molecule has 0 aromatic heterocycles. The first-order valence-electron chi connectivity index (χ1n) is 7.64. The van der Waals surface area contributed by atoms with Crippen LogP contribution in [0.3, 0.4) is 0 Å². The first kappa shape index (κ1) is 15.0. The molecule has 2 nitrogen and oxygen atoms in total. The monoisotopic (exact) mass is 270 g/mol. The molecular formula is C18H26N2. The molecule has 0 radical (unpaired) electrons. The third-order valence-electron chi connectivity index (χ3n) is 3.84. The van der Waals surface area contributed by atoms with Crippen molar-refractivity contribution in [1.29, 1.82) is 0 Å². The highest BCUT2D eigenvalue weighted by Gasteiger charge is 2.24. The van der Waals surface area contributed by atoms with Crippen LogP contribution in [0, 0.1) is 0 Å². The van der Waals surface area contributed by atoms with E-state index in [1.807, 2.05) is 6.08 Å². The van der Waals surface area contributed by atoms with Crippen molar-refractivity contribution in [3.8, 4) is 0 Å². The number of benzene rings is 1. The van der Waals surface area contributed by atoms with Crippen molar-refractivity contribution in [1.82, 2.24) is 0 Å². The highest BCUT2D eigenvalue weighted by Crippen LogP contribution is 2.34. The van der Waals surface area contributed by atoms with E-state index in [0.717, 1.165) is 32.1 Å². The molecule has 0 unspecified atom stereocenters. The summed E-state index contributed by atoms with van der Waals surface area (Å²) in [7, 11) is 0. The second-order valence-electron chi connectivity index (χ2n) is 5.80. The van der Waals surface area contributed by atoms with Gasteiger partial charge in [-0.2, -0.15) is 0 Å². The van der Waals surface area contributed by atoms with E-state index < -0.39 is 5.66 Å². The van der Waals surface area contributed by atoms with Crippen molar-refractivity contribution in [2.75, 3.05) is 0 Å². The maximum Gasteiger partial charge on any atom is 0.0869 e.